The number of hydrogen-bond donors (Lipinski definition) is 4. The summed E-state index contributed by atoms with van der Waals surface area (Å²) in [5.74, 6) is -0.367. The molecular weight excluding hydrogens is 1340 g/mol. The van der Waals surface area contributed by atoms with Gasteiger partial charge in [-0.05, 0) is 199 Å². The second-order valence-corrected chi connectivity index (χ2v) is 32.1. The predicted octanol–water partition coefficient (Wildman–Crippen LogP) is 14.9. The molecule has 514 valence electrons. The number of rotatable bonds is 14. The van der Waals surface area contributed by atoms with E-state index in [1.807, 2.05) is 180 Å². The number of aryl methyl sites for hydroxylation is 6. The Morgan fingerprint density at radius 1 is 0.526 bits per heavy atom. The lowest BCUT2D eigenvalue weighted by Gasteiger charge is -2.32. The van der Waals surface area contributed by atoms with Crippen LogP contribution < -0.4 is 35.6 Å². The van der Waals surface area contributed by atoms with E-state index in [2.05, 4.69) is 31.9 Å². The average Bonchev–Trinajstić information content (AvgIpc) is 1.67. The summed E-state index contributed by atoms with van der Waals surface area (Å²) in [5.41, 5.74) is 5.99. The van der Waals surface area contributed by atoms with E-state index in [9.17, 15) is 33.9 Å². The van der Waals surface area contributed by atoms with Crippen LogP contribution in [0.5, 0.6) is 17.2 Å². The molecular formula is C70H89BBrN3O17S3. The maximum atomic E-state index is 12.8. The Balaban J connectivity index is 0.000000185. The lowest BCUT2D eigenvalue weighted by atomic mass is 9.74. The fraction of sp³-hybridized carbons (Fsp3) is 0.486. The number of anilines is 3. The molecule has 20 nitrogen and oxygen atoms in total. The SMILES string of the molecule is CCOC(=O)C(OC(C)(C)C)c1c(C)sc(C)c1-c1ccc2c(c1)NC(=O)CO2.CCOC(=O)C(OC(C)(C)C)c1c(C)sc(C)c1B1OC(C)(C)C(C)(C)O1.Cc1sc(C)c(C(OC(C)(C)C)C(=O)O)c1-c1ccc2c(c1)NC(=O)CO2.O=C1COc2ccc(Br)cc2N1. The number of esters is 2. The number of hydrogen-bond acceptors (Lipinski definition) is 19. The van der Waals surface area contributed by atoms with Gasteiger partial charge in [0, 0.05) is 67.0 Å². The lowest BCUT2D eigenvalue weighted by Crippen LogP contribution is -2.41. The largest absolute Gasteiger partial charge is 0.496 e. The van der Waals surface area contributed by atoms with Crippen molar-refractivity contribution >= 4 is 115 Å². The van der Waals surface area contributed by atoms with Gasteiger partial charge in [0.2, 0.25) is 0 Å². The third kappa shape index (κ3) is 18.9. The van der Waals surface area contributed by atoms with Crippen LogP contribution in [-0.2, 0) is 61.8 Å². The maximum absolute atomic E-state index is 12.8. The minimum absolute atomic E-state index is 0.00526. The molecule has 0 saturated carbocycles. The average molecular weight is 1430 g/mol. The zero-order valence-corrected chi connectivity index (χ0v) is 62.2. The molecule has 1 fully saturated rings. The van der Waals surface area contributed by atoms with Crippen molar-refractivity contribution in [3.63, 3.8) is 0 Å². The van der Waals surface area contributed by atoms with E-state index < -0.39 is 65.4 Å². The quantitative estimate of drug-likeness (QED) is 0.0584. The number of benzene rings is 3. The number of thiophene rings is 3. The van der Waals surface area contributed by atoms with Crippen LogP contribution in [0.2, 0.25) is 0 Å². The Kier molecular flexibility index (Phi) is 24.2. The topological polar surface area (TPSA) is 251 Å². The van der Waals surface area contributed by atoms with Crippen LogP contribution in [0.25, 0.3) is 22.3 Å². The molecule has 10 rings (SSSR count). The van der Waals surface area contributed by atoms with E-state index in [4.69, 9.17) is 47.2 Å². The molecule has 6 aromatic rings. The monoisotopic (exact) mass is 1430 g/mol. The number of ether oxygens (including phenoxy) is 8. The fourth-order valence-electron chi connectivity index (χ4n) is 10.8. The number of amides is 3. The number of carbonyl (C=O) groups is 6. The number of halogens is 1. The highest BCUT2D eigenvalue weighted by Gasteiger charge is 2.54. The van der Waals surface area contributed by atoms with Gasteiger partial charge in [0.05, 0.1) is 58.3 Å². The van der Waals surface area contributed by atoms with E-state index in [0.717, 1.165) is 84.0 Å². The summed E-state index contributed by atoms with van der Waals surface area (Å²) < 4.78 is 58.4. The van der Waals surface area contributed by atoms with Crippen LogP contribution in [0.4, 0.5) is 17.1 Å². The molecule has 0 aliphatic carbocycles. The first-order valence-corrected chi connectivity index (χ1v) is 34.5. The summed E-state index contributed by atoms with van der Waals surface area (Å²) in [6.45, 7) is 41.3. The molecule has 3 amide bonds. The van der Waals surface area contributed by atoms with E-state index in [1.54, 1.807) is 42.6 Å². The van der Waals surface area contributed by atoms with Gasteiger partial charge in [-0.2, -0.15) is 0 Å². The lowest BCUT2D eigenvalue weighted by molar-refractivity contribution is -0.167. The fourth-order valence-corrected chi connectivity index (χ4v) is 14.4. The summed E-state index contributed by atoms with van der Waals surface area (Å²) in [6, 6.07) is 16.6. The third-order valence-electron chi connectivity index (χ3n) is 15.3. The number of fused-ring (bicyclic) bond motifs is 3. The summed E-state index contributed by atoms with van der Waals surface area (Å²) in [5, 5.41) is 18.2. The zero-order valence-electron chi connectivity index (χ0n) is 58.1. The highest BCUT2D eigenvalue weighted by atomic mass is 79.9. The first-order chi connectivity index (χ1) is 44.1. The molecule has 1 saturated heterocycles. The van der Waals surface area contributed by atoms with Crippen LogP contribution in [-0.4, -0.2) is 109 Å². The molecule has 0 bridgehead atoms. The number of carbonyl (C=O) groups excluding carboxylic acids is 5. The highest BCUT2D eigenvalue weighted by molar-refractivity contribution is 9.10. The normalized spacial score (nSPS) is 16.2. The molecule has 7 heterocycles. The number of nitrogens with one attached hydrogen (secondary N) is 3. The van der Waals surface area contributed by atoms with Crippen LogP contribution in [0.3, 0.4) is 0 Å². The van der Waals surface area contributed by atoms with Gasteiger partial charge in [0.25, 0.3) is 17.7 Å². The van der Waals surface area contributed by atoms with Crippen molar-refractivity contribution in [1.29, 1.82) is 0 Å². The summed E-state index contributed by atoms with van der Waals surface area (Å²) in [4.78, 5) is 77.9. The second-order valence-electron chi connectivity index (χ2n) is 26.9. The Hall–Kier alpha value is -6.68. The summed E-state index contributed by atoms with van der Waals surface area (Å²) in [6.07, 6.45) is -2.73. The van der Waals surface area contributed by atoms with Crippen molar-refractivity contribution in [2.45, 2.75) is 192 Å². The maximum Gasteiger partial charge on any atom is 0.496 e. The summed E-state index contributed by atoms with van der Waals surface area (Å²) >= 11 is 8.08. The van der Waals surface area contributed by atoms with Gasteiger partial charge in [-0.15, -0.1) is 34.0 Å². The molecule has 25 heteroatoms. The molecule has 4 aliphatic heterocycles. The van der Waals surface area contributed by atoms with Crippen LogP contribution in [0, 0.1) is 41.5 Å². The van der Waals surface area contributed by atoms with Gasteiger partial charge < -0.3 is 68.3 Å². The van der Waals surface area contributed by atoms with Crippen LogP contribution >= 0.6 is 49.9 Å². The third-order valence-corrected chi connectivity index (χ3v) is 18.9. The molecule has 95 heavy (non-hydrogen) atoms. The van der Waals surface area contributed by atoms with E-state index in [0.29, 0.717) is 35.0 Å². The standard InChI is InChI=1S/C22H27NO5S.C20H33BO5S.C20H23NO5S.C8H6BrNO2/c1-7-26-21(25)20(28-22(4,5)6)19-13(3)29-12(2)18(19)14-8-9-16-15(10-14)23-17(24)11-27-16;1-11-23-17(22)16(24-18(4,5)6)14-12(2)27-13(3)15(14)21-25-19(7,8)20(9,10)26-21;1-10-16(12-6-7-14-13(8-12)21-15(22)9-25-14)17(11(2)27-10)18(19(23)24)26-20(3,4)5;9-5-1-2-7-6(3-5)10-8(11)4-12-7/h8-10,20H,7,11H2,1-6H3,(H,23,24);16H,11H2,1-10H3;6-8,18H,9H2,1-5H3,(H,21,22)(H,23,24);1-3H,4H2,(H,10,11). The Labute approximate surface area is 578 Å². The van der Waals surface area contributed by atoms with Crippen LogP contribution in [0.15, 0.2) is 59.1 Å². The first kappa shape index (κ1) is 75.7. The van der Waals surface area contributed by atoms with Crippen LogP contribution in [0.1, 0.15) is 168 Å². The molecule has 3 aromatic carbocycles. The van der Waals surface area contributed by atoms with Gasteiger partial charge in [0.1, 0.15) is 17.2 Å². The first-order valence-electron chi connectivity index (χ1n) is 31.2. The van der Waals surface area contributed by atoms with Crippen molar-refractivity contribution in [3.05, 3.63) is 105 Å². The molecule has 4 aliphatic rings. The zero-order chi connectivity index (χ0) is 70.6. The van der Waals surface area contributed by atoms with Crippen molar-refractivity contribution in [2.24, 2.45) is 0 Å². The van der Waals surface area contributed by atoms with E-state index in [1.165, 1.54) is 11.3 Å². The molecule has 0 radical (unpaired) electrons. The van der Waals surface area contributed by atoms with Gasteiger partial charge in [-0.3, -0.25) is 14.4 Å². The van der Waals surface area contributed by atoms with E-state index in [-0.39, 0.29) is 50.1 Å². The Bertz CT molecular complexity index is 3830. The van der Waals surface area contributed by atoms with Crippen molar-refractivity contribution in [1.82, 2.24) is 0 Å². The second kappa shape index (κ2) is 30.4. The smallest absolute Gasteiger partial charge is 0.482 e. The van der Waals surface area contributed by atoms with Crippen molar-refractivity contribution in [3.8, 4) is 39.5 Å². The Morgan fingerprint density at radius 2 is 0.863 bits per heavy atom. The van der Waals surface area contributed by atoms with Gasteiger partial charge >= 0.3 is 25.0 Å². The summed E-state index contributed by atoms with van der Waals surface area (Å²) in [7, 11) is -0.546. The molecule has 3 atom stereocenters. The molecule has 3 unspecified atom stereocenters. The van der Waals surface area contributed by atoms with Gasteiger partial charge in [0.15, 0.2) is 38.1 Å². The highest BCUT2D eigenvalue weighted by Crippen LogP contribution is 2.47. The predicted molar refractivity (Wildman–Crippen MR) is 376 cm³/mol. The Morgan fingerprint density at radius 3 is 1.24 bits per heavy atom. The van der Waals surface area contributed by atoms with Gasteiger partial charge in [-0.25, -0.2) is 14.4 Å². The van der Waals surface area contributed by atoms with Crippen molar-refractivity contribution in [2.75, 3.05) is 49.0 Å². The molecule has 0 spiro atoms. The number of aliphatic carboxylic acids is 1. The van der Waals surface area contributed by atoms with Gasteiger partial charge in [-0.1, -0.05) is 28.1 Å². The minimum Gasteiger partial charge on any atom is -0.482 e. The minimum atomic E-state index is -1.08. The van der Waals surface area contributed by atoms with Crippen molar-refractivity contribution < 1.29 is 81.1 Å². The molecule has 3 aromatic heterocycles. The number of carboxylic acid groups (broad SMARTS) is 1. The molecule has 4 N–H and O–H groups in total. The number of carboxylic acids is 1. The van der Waals surface area contributed by atoms with E-state index >= 15 is 0 Å².